The SMILES string of the molecule is [C-]#[N+]c1ccc(OC[C@H](O)CNC2=C(c3nc4cc5c(cc4[nH]3)C(=O)N(C3CCN(C)CC3)C5=O)C(=O)CC=C2)c(OC)c1. The number of aliphatic hydroxyl groups is 1. The number of hydrogen-bond donors (Lipinski definition) is 3. The number of likely N-dealkylation sites (tertiary alicyclic amines) is 1. The van der Waals surface area contributed by atoms with Gasteiger partial charge in [0, 0.05) is 24.7 Å². The molecule has 1 atom stereocenters. The number of Topliss-reactive ketones (excluding diaryl/α,β-unsaturated/α-hetero) is 1. The van der Waals surface area contributed by atoms with Crippen LogP contribution in [0.15, 0.2) is 48.2 Å². The molecule has 226 valence electrons. The van der Waals surface area contributed by atoms with Gasteiger partial charge in [0.25, 0.3) is 11.8 Å². The lowest BCUT2D eigenvalue weighted by molar-refractivity contribution is -0.113. The maximum atomic E-state index is 13.3. The summed E-state index contributed by atoms with van der Waals surface area (Å²) in [6.07, 6.45) is 4.22. The van der Waals surface area contributed by atoms with Crippen LogP contribution in [-0.4, -0.2) is 95.0 Å². The number of carbonyl (C=O) groups is 3. The molecule has 12 nitrogen and oxygen atoms in total. The second-order valence-electron chi connectivity index (χ2n) is 11.1. The number of ketones is 1. The summed E-state index contributed by atoms with van der Waals surface area (Å²) in [5.41, 5.74) is 2.89. The number of aromatic amines is 1. The largest absolute Gasteiger partial charge is 0.494 e. The Morgan fingerprint density at radius 1 is 1.14 bits per heavy atom. The number of H-pyrrole nitrogens is 1. The molecule has 3 aliphatic rings. The molecule has 0 radical (unpaired) electrons. The number of ether oxygens (including phenoxy) is 2. The zero-order valence-electron chi connectivity index (χ0n) is 24.4. The number of hydrogen-bond acceptors (Lipinski definition) is 9. The second-order valence-corrected chi connectivity index (χ2v) is 11.1. The smallest absolute Gasteiger partial charge is 0.261 e. The van der Waals surface area contributed by atoms with Crippen LogP contribution in [0.2, 0.25) is 0 Å². The molecule has 6 rings (SSSR count). The van der Waals surface area contributed by atoms with Crippen LogP contribution < -0.4 is 14.8 Å². The highest BCUT2D eigenvalue weighted by Gasteiger charge is 2.41. The standard InChI is InChI=1S/C32H32N6O6/c1-33-18-7-8-27(28(13-18)43-3)44-17-20(39)16-34-23-5-4-6-26(40)29(23)30-35-24-14-21-22(15-25(24)36-30)32(42)38(31(21)41)19-9-11-37(2)12-10-19/h4-5,7-8,13-15,19-20,34,39H,6,9-12,16-17H2,2-3H3,(H,35,36)/t20-/m1/s1. The monoisotopic (exact) mass is 596 g/mol. The topological polar surface area (TPSA) is 141 Å². The van der Waals surface area contributed by atoms with E-state index >= 15 is 0 Å². The van der Waals surface area contributed by atoms with Gasteiger partial charge in [-0.05, 0) is 63.3 Å². The van der Waals surface area contributed by atoms with Crippen molar-refractivity contribution in [2.45, 2.75) is 31.4 Å². The van der Waals surface area contributed by atoms with Crippen molar-refractivity contribution in [3.8, 4) is 11.5 Å². The van der Waals surface area contributed by atoms with E-state index in [1.54, 1.807) is 42.5 Å². The summed E-state index contributed by atoms with van der Waals surface area (Å²) in [5, 5.41) is 13.7. The Morgan fingerprint density at radius 2 is 1.89 bits per heavy atom. The molecule has 3 aromatic rings. The lowest BCUT2D eigenvalue weighted by Gasteiger charge is -2.33. The lowest BCUT2D eigenvalue weighted by Crippen LogP contribution is -2.46. The summed E-state index contributed by atoms with van der Waals surface area (Å²) in [6, 6.07) is 7.91. The molecule has 3 N–H and O–H groups in total. The van der Waals surface area contributed by atoms with Crippen molar-refractivity contribution < 1.29 is 29.0 Å². The molecule has 12 heteroatoms. The van der Waals surface area contributed by atoms with Gasteiger partial charge < -0.3 is 29.8 Å². The number of nitrogens with one attached hydrogen (secondary N) is 2. The fourth-order valence-corrected chi connectivity index (χ4v) is 5.81. The Kier molecular flexibility index (Phi) is 7.90. The Morgan fingerprint density at radius 3 is 2.61 bits per heavy atom. The van der Waals surface area contributed by atoms with E-state index in [4.69, 9.17) is 16.0 Å². The van der Waals surface area contributed by atoms with Crippen LogP contribution in [0.4, 0.5) is 5.69 Å². The lowest BCUT2D eigenvalue weighted by atomic mass is 10.00. The molecular weight excluding hydrogens is 564 g/mol. The number of nitrogens with zero attached hydrogens (tertiary/aromatic N) is 4. The average Bonchev–Trinajstić information content (AvgIpc) is 3.55. The molecule has 0 bridgehead atoms. The number of fused-ring (bicyclic) bond motifs is 2. The van der Waals surface area contributed by atoms with E-state index in [1.807, 2.05) is 7.05 Å². The highest BCUT2D eigenvalue weighted by Crippen LogP contribution is 2.33. The highest BCUT2D eigenvalue weighted by molar-refractivity contribution is 6.24. The third-order valence-electron chi connectivity index (χ3n) is 8.18. The third-order valence-corrected chi connectivity index (χ3v) is 8.18. The van der Waals surface area contributed by atoms with E-state index in [1.165, 1.54) is 12.0 Å². The first-order valence-electron chi connectivity index (χ1n) is 14.4. The van der Waals surface area contributed by atoms with E-state index in [0.29, 0.717) is 56.4 Å². The number of imide groups is 1. The predicted octanol–water partition coefficient (Wildman–Crippen LogP) is 3.08. The minimum absolute atomic E-state index is 0.0617. The fourth-order valence-electron chi connectivity index (χ4n) is 5.81. The van der Waals surface area contributed by atoms with Gasteiger partial charge >= 0.3 is 0 Å². The van der Waals surface area contributed by atoms with E-state index in [-0.39, 0.29) is 43.2 Å². The van der Waals surface area contributed by atoms with Crippen molar-refractivity contribution in [3.63, 3.8) is 0 Å². The first-order valence-corrected chi connectivity index (χ1v) is 14.4. The van der Waals surface area contributed by atoms with Gasteiger partial charge in [-0.2, -0.15) is 0 Å². The van der Waals surface area contributed by atoms with Gasteiger partial charge in [-0.1, -0.05) is 12.1 Å². The number of methoxy groups -OCH3 is 1. The van der Waals surface area contributed by atoms with Crippen molar-refractivity contribution in [3.05, 3.63) is 76.5 Å². The maximum absolute atomic E-state index is 13.3. The van der Waals surface area contributed by atoms with Crippen LogP contribution in [0.1, 0.15) is 45.8 Å². The van der Waals surface area contributed by atoms with Crippen LogP contribution in [0, 0.1) is 6.57 Å². The molecule has 0 spiro atoms. The first-order chi connectivity index (χ1) is 21.3. The fraction of sp³-hybridized carbons (Fsp3) is 0.344. The normalized spacial score (nSPS) is 18.1. The molecule has 1 saturated heterocycles. The second kappa shape index (κ2) is 11.9. The maximum Gasteiger partial charge on any atom is 0.261 e. The molecular formula is C32H32N6O6. The van der Waals surface area contributed by atoms with Crippen LogP contribution in [0.25, 0.3) is 21.5 Å². The summed E-state index contributed by atoms with van der Waals surface area (Å²) in [7, 11) is 3.50. The van der Waals surface area contributed by atoms with Crippen molar-refractivity contribution in [1.82, 2.24) is 25.1 Å². The number of amides is 2. The Bertz CT molecular complexity index is 1710. The summed E-state index contributed by atoms with van der Waals surface area (Å²) in [4.78, 5) is 54.5. The molecule has 1 fully saturated rings. The Balaban J connectivity index is 1.19. The van der Waals surface area contributed by atoms with Gasteiger partial charge in [-0.25, -0.2) is 9.83 Å². The molecule has 2 aromatic carbocycles. The summed E-state index contributed by atoms with van der Waals surface area (Å²) in [5.74, 6) is 0.318. The van der Waals surface area contributed by atoms with Crippen molar-refractivity contribution in [1.29, 1.82) is 0 Å². The highest BCUT2D eigenvalue weighted by atomic mass is 16.5. The average molecular weight is 597 g/mol. The van der Waals surface area contributed by atoms with Crippen LogP contribution in [0.3, 0.4) is 0 Å². The number of imidazole rings is 1. The third kappa shape index (κ3) is 5.43. The quantitative estimate of drug-likeness (QED) is 0.251. The van der Waals surface area contributed by atoms with E-state index in [9.17, 15) is 19.5 Å². The molecule has 1 aromatic heterocycles. The van der Waals surface area contributed by atoms with E-state index in [0.717, 1.165) is 25.9 Å². The van der Waals surface area contributed by atoms with Crippen LogP contribution in [0.5, 0.6) is 11.5 Å². The number of aliphatic hydroxyl groups excluding tert-OH is 1. The van der Waals surface area contributed by atoms with Gasteiger partial charge in [-0.15, -0.1) is 0 Å². The molecule has 2 amide bonds. The molecule has 44 heavy (non-hydrogen) atoms. The molecule has 3 heterocycles. The number of allylic oxidation sites excluding steroid dienone is 3. The van der Waals surface area contributed by atoms with Crippen LogP contribution in [-0.2, 0) is 4.79 Å². The van der Waals surface area contributed by atoms with Gasteiger partial charge in [0.2, 0.25) is 0 Å². The van der Waals surface area contributed by atoms with Crippen LogP contribution >= 0.6 is 0 Å². The minimum atomic E-state index is -0.942. The zero-order chi connectivity index (χ0) is 31.0. The number of rotatable bonds is 9. The number of benzene rings is 2. The molecule has 0 saturated carbocycles. The number of aromatic nitrogens is 2. The Hall–Kier alpha value is -4.99. The first kappa shape index (κ1) is 29.1. The van der Waals surface area contributed by atoms with Gasteiger partial charge in [0.05, 0.1) is 41.4 Å². The van der Waals surface area contributed by atoms with E-state index in [2.05, 4.69) is 25.0 Å². The van der Waals surface area contributed by atoms with Gasteiger partial charge in [-0.3, -0.25) is 19.3 Å². The molecule has 1 aliphatic carbocycles. The summed E-state index contributed by atoms with van der Waals surface area (Å²) >= 11 is 0. The van der Waals surface area contributed by atoms with Crippen molar-refractivity contribution in [2.75, 3.05) is 40.4 Å². The summed E-state index contributed by atoms with van der Waals surface area (Å²) in [6.45, 7) is 8.80. The molecule has 0 unspecified atom stereocenters. The van der Waals surface area contributed by atoms with Crippen molar-refractivity contribution in [2.24, 2.45) is 0 Å². The molecule has 2 aliphatic heterocycles. The number of piperidine rings is 1. The van der Waals surface area contributed by atoms with Gasteiger partial charge in [0.1, 0.15) is 24.3 Å². The zero-order valence-corrected chi connectivity index (χ0v) is 24.4. The van der Waals surface area contributed by atoms with Gasteiger partial charge in [0.15, 0.2) is 17.2 Å². The number of carbonyl (C=O) groups excluding carboxylic acids is 3. The van der Waals surface area contributed by atoms with E-state index < -0.39 is 6.10 Å². The Labute approximate surface area is 253 Å². The minimum Gasteiger partial charge on any atom is -0.494 e. The van der Waals surface area contributed by atoms with Crippen molar-refractivity contribution >= 4 is 39.9 Å². The summed E-state index contributed by atoms with van der Waals surface area (Å²) < 4.78 is 11.0. The predicted molar refractivity (Wildman–Crippen MR) is 162 cm³/mol.